The molecule has 2 aromatic rings. The zero-order chi connectivity index (χ0) is 15.5. The van der Waals surface area contributed by atoms with Gasteiger partial charge in [-0.05, 0) is 12.0 Å². The number of anilines is 1. The maximum Gasteiger partial charge on any atom is 0.218 e. The number of nitrogens with one attached hydrogen (secondary N) is 1. The molecule has 0 atom stereocenters. The van der Waals surface area contributed by atoms with Crippen molar-refractivity contribution in [2.75, 3.05) is 11.9 Å². The van der Waals surface area contributed by atoms with E-state index in [1.165, 1.54) is 0 Å². The van der Waals surface area contributed by atoms with Crippen LogP contribution in [0.4, 0.5) is 5.13 Å². The molecule has 2 heterocycles. The Kier molecular flexibility index (Phi) is 4.83. The fraction of sp³-hybridized carbons (Fsp3) is 0.500. The van der Waals surface area contributed by atoms with E-state index in [-0.39, 0.29) is 5.41 Å². The molecule has 1 N–H and O–H groups in total. The van der Waals surface area contributed by atoms with Crippen molar-refractivity contribution >= 4 is 28.6 Å². The number of oxazole rings is 1. The molecule has 4 nitrogen and oxygen atoms in total. The van der Waals surface area contributed by atoms with E-state index in [4.69, 9.17) is 4.42 Å². The molecule has 5 heteroatoms. The Bertz CT molecular complexity index is 605. The van der Waals surface area contributed by atoms with Crippen LogP contribution >= 0.6 is 11.3 Å². The summed E-state index contributed by atoms with van der Waals surface area (Å²) in [6.07, 6.45) is 7.52. The van der Waals surface area contributed by atoms with E-state index in [2.05, 4.69) is 49.9 Å². The zero-order valence-corrected chi connectivity index (χ0v) is 14.1. The van der Waals surface area contributed by atoms with Gasteiger partial charge in [-0.15, -0.1) is 0 Å². The quantitative estimate of drug-likeness (QED) is 0.872. The van der Waals surface area contributed by atoms with Gasteiger partial charge in [0.05, 0.1) is 6.20 Å². The van der Waals surface area contributed by atoms with Crippen molar-refractivity contribution in [3.8, 4) is 0 Å². The summed E-state index contributed by atoms with van der Waals surface area (Å²) < 4.78 is 5.73. The summed E-state index contributed by atoms with van der Waals surface area (Å²) in [5.41, 5.74) is -0.0164. The highest BCUT2D eigenvalue weighted by molar-refractivity contribution is 7.16. The number of rotatable bonds is 5. The zero-order valence-electron chi connectivity index (χ0n) is 13.3. The summed E-state index contributed by atoms with van der Waals surface area (Å²) in [4.78, 5) is 9.71. The lowest BCUT2D eigenvalue weighted by molar-refractivity contribution is 0.403. The minimum absolute atomic E-state index is 0.0164. The van der Waals surface area contributed by atoms with Crippen molar-refractivity contribution in [1.29, 1.82) is 0 Å². The average Bonchev–Trinajstić information content (AvgIpc) is 3.02. The van der Waals surface area contributed by atoms with Gasteiger partial charge >= 0.3 is 0 Å². The molecule has 0 radical (unpaired) electrons. The minimum Gasteiger partial charge on any atom is -0.441 e. The Morgan fingerprint density at radius 1 is 1.24 bits per heavy atom. The molecule has 0 saturated carbocycles. The highest BCUT2D eigenvalue weighted by atomic mass is 32.1. The first-order valence-corrected chi connectivity index (χ1v) is 8.00. The highest BCUT2D eigenvalue weighted by Gasteiger charge is 2.18. The van der Waals surface area contributed by atoms with E-state index in [0.29, 0.717) is 11.8 Å². The molecule has 2 aromatic heterocycles. The fourth-order valence-corrected chi connectivity index (χ4v) is 2.33. The Morgan fingerprint density at radius 2 is 2.00 bits per heavy atom. The molecular weight excluding hydrogens is 282 g/mol. The van der Waals surface area contributed by atoms with Gasteiger partial charge in [-0.25, -0.2) is 9.97 Å². The van der Waals surface area contributed by atoms with Crippen LogP contribution in [-0.2, 0) is 5.41 Å². The molecule has 0 aliphatic heterocycles. The topological polar surface area (TPSA) is 51.0 Å². The second-order valence-electron chi connectivity index (χ2n) is 6.49. The highest BCUT2D eigenvalue weighted by Crippen LogP contribution is 2.24. The molecule has 2 rings (SSSR count). The third kappa shape index (κ3) is 4.70. The molecular formula is C16H23N3OS. The smallest absolute Gasteiger partial charge is 0.218 e. The normalized spacial score (nSPS) is 12.5. The number of hydrogen-bond acceptors (Lipinski definition) is 5. The molecule has 0 amide bonds. The van der Waals surface area contributed by atoms with Gasteiger partial charge in [0.25, 0.3) is 0 Å². The summed E-state index contributed by atoms with van der Waals surface area (Å²) in [5.74, 6) is 2.13. The van der Waals surface area contributed by atoms with E-state index < -0.39 is 0 Å². The Hall–Kier alpha value is -1.62. The maximum absolute atomic E-state index is 5.73. The van der Waals surface area contributed by atoms with Crippen LogP contribution in [0, 0.1) is 5.92 Å². The van der Waals surface area contributed by atoms with E-state index >= 15 is 0 Å². The number of hydrogen-bond donors (Lipinski definition) is 1. The number of thiazole rings is 1. The van der Waals surface area contributed by atoms with E-state index in [1.54, 1.807) is 17.5 Å². The van der Waals surface area contributed by atoms with Crippen molar-refractivity contribution in [3.05, 3.63) is 28.9 Å². The van der Waals surface area contributed by atoms with Gasteiger partial charge in [-0.2, -0.15) is 0 Å². The van der Waals surface area contributed by atoms with E-state index in [9.17, 15) is 0 Å². The lowest BCUT2D eigenvalue weighted by Crippen LogP contribution is -2.09. The second kappa shape index (κ2) is 6.43. The molecule has 21 heavy (non-hydrogen) atoms. The van der Waals surface area contributed by atoms with Gasteiger partial charge in [-0.3, -0.25) is 0 Å². The van der Waals surface area contributed by atoms with Gasteiger partial charge in [0.1, 0.15) is 5.76 Å². The van der Waals surface area contributed by atoms with Gasteiger partial charge in [-0.1, -0.05) is 46.0 Å². The fourth-order valence-electron chi connectivity index (χ4n) is 1.60. The largest absolute Gasteiger partial charge is 0.441 e. The van der Waals surface area contributed by atoms with Crippen molar-refractivity contribution in [1.82, 2.24) is 9.97 Å². The second-order valence-corrected chi connectivity index (χ2v) is 7.55. The molecule has 0 aromatic carbocycles. The number of nitrogens with zero attached hydrogens (tertiary/aromatic N) is 2. The van der Waals surface area contributed by atoms with Crippen LogP contribution in [0.3, 0.4) is 0 Å². The van der Waals surface area contributed by atoms with Crippen LogP contribution in [0.15, 0.2) is 16.8 Å². The monoisotopic (exact) mass is 305 g/mol. The van der Waals surface area contributed by atoms with Crippen LogP contribution in [0.1, 0.15) is 51.1 Å². The SMILES string of the molecule is CC(C)CNc1ncc(/C=C/c2ncc(C(C)(C)C)o2)s1. The maximum atomic E-state index is 5.73. The van der Waals surface area contributed by atoms with Gasteiger partial charge in [0.15, 0.2) is 5.13 Å². The molecule has 114 valence electrons. The molecule has 0 saturated heterocycles. The van der Waals surface area contributed by atoms with Crippen LogP contribution in [-0.4, -0.2) is 16.5 Å². The average molecular weight is 305 g/mol. The lowest BCUT2D eigenvalue weighted by atomic mass is 9.94. The third-order valence-corrected chi connectivity index (χ3v) is 3.76. The molecule has 0 unspecified atom stereocenters. The van der Waals surface area contributed by atoms with Crippen molar-refractivity contribution in [2.24, 2.45) is 5.92 Å². The minimum atomic E-state index is -0.0164. The van der Waals surface area contributed by atoms with Gasteiger partial charge in [0, 0.05) is 29.1 Å². The van der Waals surface area contributed by atoms with Crippen molar-refractivity contribution in [2.45, 2.75) is 40.0 Å². The predicted molar refractivity (Wildman–Crippen MR) is 89.6 cm³/mol. The predicted octanol–water partition coefficient (Wildman–Crippen LogP) is 4.67. The van der Waals surface area contributed by atoms with Gasteiger partial charge < -0.3 is 9.73 Å². The summed E-state index contributed by atoms with van der Waals surface area (Å²) in [6.45, 7) is 11.6. The summed E-state index contributed by atoms with van der Waals surface area (Å²) in [7, 11) is 0. The standard InChI is InChI=1S/C16H23N3OS/c1-11(2)8-18-15-19-9-12(21-15)6-7-14-17-10-13(20-14)16(3,4)5/h6-7,9-11H,8H2,1-5H3,(H,18,19)/b7-6+. The molecule has 0 fully saturated rings. The van der Waals surface area contributed by atoms with E-state index in [0.717, 1.165) is 22.3 Å². The first-order valence-electron chi connectivity index (χ1n) is 7.18. The van der Waals surface area contributed by atoms with Crippen LogP contribution in [0.5, 0.6) is 0 Å². The Labute approximate surface area is 130 Å². The molecule has 0 aliphatic carbocycles. The van der Waals surface area contributed by atoms with Crippen LogP contribution in [0.25, 0.3) is 12.2 Å². The first-order chi connectivity index (χ1) is 9.84. The van der Waals surface area contributed by atoms with Crippen LogP contribution < -0.4 is 5.32 Å². The summed E-state index contributed by atoms with van der Waals surface area (Å²) in [5, 5.41) is 4.27. The van der Waals surface area contributed by atoms with Crippen molar-refractivity contribution in [3.63, 3.8) is 0 Å². The van der Waals surface area contributed by atoms with Crippen LogP contribution in [0.2, 0.25) is 0 Å². The van der Waals surface area contributed by atoms with E-state index in [1.807, 2.05) is 18.3 Å². The molecule has 0 bridgehead atoms. The third-order valence-electron chi connectivity index (χ3n) is 2.84. The molecule has 0 aliphatic rings. The lowest BCUT2D eigenvalue weighted by Gasteiger charge is -2.12. The molecule has 0 spiro atoms. The van der Waals surface area contributed by atoms with Gasteiger partial charge in [0.2, 0.25) is 5.89 Å². The summed E-state index contributed by atoms with van der Waals surface area (Å²) >= 11 is 1.63. The van der Waals surface area contributed by atoms with Crippen molar-refractivity contribution < 1.29 is 4.42 Å². The number of aromatic nitrogens is 2. The first kappa shape index (κ1) is 15.8. The Balaban J connectivity index is 1.99. The Morgan fingerprint density at radius 3 is 2.62 bits per heavy atom. The summed E-state index contributed by atoms with van der Waals surface area (Å²) in [6, 6.07) is 0.